The maximum absolute atomic E-state index is 12.0. The van der Waals surface area contributed by atoms with E-state index in [9.17, 15) is 9.59 Å². The molecule has 0 bridgehead atoms. The molecule has 0 heterocycles. The molecule has 28 heavy (non-hydrogen) atoms. The Hall–Kier alpha value is -3.13. The molecule has 0 spiro atoms. The van der Waals surface area contributed by atoms with Crippen LogP contribution < -0.4 is 20.2 Å². The summed E-state index contributed by atoms with van der Waals surface area (Å²) in [5, 5.41) is 6.43. The number of rotatable bonds is 9. The molecule has 7 nitrogen and oxygen atoms in total. The number of nitrogens with zero attached hydrogens (tertiary/aromatic N) is 1. The third kappa shape index (κ3) is 6.55. The van der Waals surface area contributed by atoms with Gasteiger partial charge >= 0.3 is 0 Å². The number of methoxy groups -OCH3 is 1. The molecule has 2 amide bonds. The fourth-order valence-corrected chi connectivity index (χ4v) is 2.50. The van der Waals surface area contributed by atoms with E-state index in [0.717, 1.165) is 4.47 Å². The molecule has 0 atom stereocenters. The number of amides is 2. The average molecular weight is 446 g/mol. The predicted molar refractivity (Wildman–Crippen MR) is 111 cm³/mol. The number of benzene rings is 2. The number of hydrogen-bond donors (Lipinski definition) is 2. The van der Waals surface area contributed by atoms with Crippen molar-refractivity contribution in [3.05, 3.63) is 70.7 Å². The van der Waals surface area contributed by atoms with Gasteiger partial charge in [0.05, 0.1) is 19.9 Å². The van der Waals surface area contributed by atoms with Crippen LogP contribution in [0.2, 0.25) is 0 Å². The van der Waals surface area contributed by atoms with Gasteiger partial charge in [0.25, 0.3) is 11.8 Å². The van der Waals surface area contributed by atoms with Gasteiger partial charge in [0.15, 0.2) is 0 Å². The number of hydrogen-bond acceptors (Lipinski definition) is 5. The molecule has 2 aromatic carbocycles. The van der Waals surface area contributed by atoms with Gasteiger partial charge in [-0.15, -0.1) is 0 Å². The molecule has 8 heteroatoms. The summed E-state index contributed by atoms with van der Waals surface area (Å²) < 4.78 is 11.4. The number of ether oxygens (including phenoxy) is 2. The first kappa shape index (κ1) is 21.2. The summed E-state index contributed by atoms with van der Waals surface area (Å²) in [4.78, 5) is 23.9. The van der Waals surface area contributed by atoms with Crippen LogP contribution in [0.1, 0.15) is 15.9 Å². The number of halogens is 1. The van der Waals surface area contributed by atoms with Gasteiger partial charge in [0, 0.05) is 15.6 Å². The number of carbonyl (C=O) groups excluding carboxylic acids is 2. The molecule has 0 unspecified atom stereocenters. The maximum atomic E-state index is 12.0. The lowest BCUT2D eigenvalue weighted by atomic mass is 10.2. The third-order valence-electron chi connectivity index (χ3n) is 3.48. The second kappa shape index (κ2) is 10.9. The number of nitrogens with one attached hydrogen (secondary N) is 2. The molecule has 146 valence electrons. The first-order valence-electron chi connectivity index (χ1n) is 8.31. The molecule has 0 saturated carbocycles. The van der Waals surface area contributed by atoms with E-state index >= 15 is 0 Å². The Bertz CT molecular complexity index is 866. The van der Waals surface area contributed by atoms with E-state index in [2.05, 4.69) is 38.4 Å². The molecule has 0 radical (unpaired) electrons. The van der Waals surface area contributed by atoms with Crippen LogP contribution in [0.15, 0.2) is 64.7 Å². The fourth-order valence-electron chi connectivity index (χ4n) is 2.12. The highest BCUT2D eigenvalue weighted by Gasteiger charge is 2.08. The summed E-state index contributed by atoms with van der Waals surface area (Å²) in [5.41, 5.74) is 3.47. The Morgan fingerprint density at radius 3 is 2.64 bits per heavy atom. The highest BCUT2D eigenvalue weighted by Crippen LogP contribution is 2.21. The van der Waals surface area contributed by atoms with Gasteiger partial charge < -0.3 is 14.8 Å². The van der Waals surface area contributed by atoms with Crippen LogP contribution in [0.25, 0.3) is 0 Å². The standard InChI is InChI=1S/C20H20BrN3O4/c1-3-10-28-18-9-6-16(21)11-15(18)12-23-24-19(25)13-22-20(26)14-4-7-17(27-2)8-5-14/h3-9,11-12H,1,10,13H2,2H3,(H,22,26)(H,24,25)/b23-12-. The molecule has 0 saturated heterocycles. The van der Waals surface area contributed by atoms with Gasteiger partial charge in [-0.25, -0.2) is 5.43 Å². The van der Waals surface area contributed by atoms with E-state index in [-0.39, 0.29) is 12.5 Å². The summed E-state index contributed by atoms with van der Waals surface area (Å²) in [7, 11) is 1.54. The van der Waals surface area contributed by atoms with E-state index in [0.29, 0.717) is 29.2 Å². The van der Waals surface area contributed by atoms with Gasteiger partial charge in [0.1, 0.15) is 18.1 Å². The molecule has 2 aromatic rings. The van der Waals surface area contributed by atoms with Crippen LogP contribution in [0.5, 0.6) is 11.5 Å². The van der Waals surface area contributed by atoms with Crippen molar-refractivity contribution in [2.24, 2.45) is 5.10 Å². The largest absolute Gasteiger partial charge is 0.497 e. The Morgan fingerprint density at radius 1 is 1.21 bits per heavy atom. The Kier molecular flexibility index (Phi) is 8.23. The molecular formula is C20H20BrN3O4. The Morgan fingerprint density at radius 2 is 1.96 bits per heavy atom. The van der Waals surface area contributed by atoms with Crippen molar-refractivity contribution in [2.45, 2.75) is 0 Å². The predicted octanol–water partition coefficient (Wildman–Crippen LogP) is 2.90. The zero-order valence-corrected chi connectivity index (χ0v) is 16.9. The molecule has 2 N–H and O–H groups in total. The lowest BCUT2D eigenvalue weighted by molar-refractivity contribution is -0.120. The van der Waals surface area contributed by atoms with Gasteiger partial charge in [-0.1, -0.05) is 28.6 Å². The lowest BCUT2D eigenvalue weighted by Crippen LogP contribution is -2.34. The van der Waals surface area contributed by atoms with Gasteiger partial charge in [0.2, 0.25) is 0 Å². The zero-order chi connectivity index (χ0) is 20.4. The van der Waals surface area contributed by atoms with Gasteiger partial charge in [-0.05, 0) is 42.5 Å². The SMILES string of the molecule is C=CCOc1ccc(Br)cc1/C=N\NC(=O)CNC(=O)c1ccc(OC)cc1. The first-order valence-corrected chi connectivity index (χ1v) is 9.10. The minimum Gasteiger partial charge on any atom is -0.497 e. The van der Waals surface area contributed by atoms with Crippen LogP contribution in [0.3, 0.4) is 0 Å². The van der Waals surface area contributed by atoms with Gasteiger partial charge in [-0.2, -0.15) is 5.10 Å². The van der Waals surface area contributed by atoms with E-state index < -0.39 is 5.91 Å². The van der Waals surface area contributed by atoms with Gasteiger partial charge in [-0.3, -0.25) is 9.59 Å². The van der Waals surface area contributed by atoms with Crippen molar-refractivity contribution in [1.29, 1.82) is 0 Å². The van der Waals surface area contributed by atoms with Crippen molar-refractivity contribution < 1.29 is 19.1 Å². The molecule has 0 aliphatic rings. The first-order chi connectivity index (χ1) is 13.5. The molecular weight excluding hydrogens is 426 g/mol. The maximum Gasteiger partial charge on any atom is 0.259 e. The summed E-state index contributed by atoms with van der Waals surface area (Å²) in [6, 6.07) is 12.0. The Balaban J connectivity index is 1.87. The van der Waals surface area contributed by atoms with E-state index in [1.54, 1.807) is 49.6 Å². The third-order valence-corrected chi connectivity index (χ3v) is 3.98. The summed E-state index contributed by atoms with van der Waals surface area (Å²) in [6.07, 6.45) is 3.10. The van der Waals surface area contributed by atoms with Crippen LogP contribution >= 0.6 is 15.9 Å². The van der Waals surface area contributed by atoms with Crippen LogP contribution in [-0.2, 0) is 4.79 Å². The monoisotopic (exact) mass is 445 g/mol. The van der Waals surface area contributed by atoms with E-state index in [4.69, 9.17) is 9.47 Å². The van der Waals surface area contributed by atoms with Crippen molar-refractivity contribution in [2.75, 3.05) is 20.3 Å². The normalized spacial score (nSPS) is 10.4. The highest BCUT2D eigenvalue weighted by molar-refractivity contribution is 9.10. The summed E-state index contributed by atoms with van der Waals surface area (Å²) in [6.45, 7) is 3.75. The second-order valence-corrected chi connectivity index (χ2v) is 6.40. The summed E-state index contributed by atoms with van der Waals surface area (Å²) >= 11 is 3.38. The van der Waals surface area contributed by atoms with Crippen LogP contribution in [0.4, 0.5) is 0 Å². The van der Waals surface area contributed by atoms with Crippen LogP contribution in [-0.4, -0.2) is 38.3 Å². The molecule has 0 fully saturated rings. The second-order valence-electron chi connectivity index (χ2n) is 5.49. The van der Waals surface area contributed by atoms with Crippen molar-refractivity contribution in [3.63, 3.8) is 0 Å². The number of carbonyl (C=O) groups is 2. The van der Waals surface area contributed by atoms with E-state index in [1.807, 2.05) is 6.07 Å². The molecule has 0 aliphatic carbocycles. The number of hydrazone groups is 1. The summed E-state index contributed by atoms with van der Waals surface area (Å²) in [5.74, 6) is 0.428. The molecule has 0 aromatic heterocycles. The van der Waals surface area contributed by atoms with Crippen LogP contribution in [0, 0.1) is 0 Å². The fraction of sp³-hybridized carbons (Fsp3) is 0.150. The smallest absolute Gasteiger partial charge is 0.259 e. The average Bonchev–Trinajstić information content (AvgIpc) is 2.71. The van der Waals surface area contributed by atoms with Crippen molar-refractivity contribution in [3.8, 4) is 11.5 Å². The molecule has 0 aliphatic heterocycles. The minimum absolute atomic E-state index is 0.208. The van der Waals surface area contributed by atoms with E-state index in [1.165, 1.54) is 6.21 Å². The molecule has 2 rings (SSSR count). The highest BCUT2D eigenvalue weighted by atomic mass is 79.9. The van der Waals surface area contributed by atoms with Crippen molar-refractivity contribution in [1.82, 2.24) is 10.7 Å². The topological polar surface area (TPSA) is 89.0 Å². The quantitative estimate of drug-likeness (QED) is 0.352. The minimum atomic E-state index is -0.457. The van der Waals surface area contributed by atoms with Crippen molar-refractivity contribution >= 4 is 34.0 Å². The zero-order valence-electron chi connectivity index (χ0n) is 15.3. The Labute approximate surface area is 171 Å². The lowest BCUT2D eigenvalue weighted by Gasteiger charge is -2.07.